The smallest absolute Gasteiger partial charge is 0.306 e. The number of non-ortho nitro benzene ring substituents is 1. The van der Waals surface area contributed by atoms with Gasteiger partial charge in [-0.3, -0.25) is 14.9 Å². The summed E-state index contributed by atoms with van der Waals surface area (Å²) < 4.78 is 16.0. The molecule has 0 spiro atoms. The number of hydrogen-bond acceptors (Lipinski definition) is 6. The van der Waals surface area contributed by atoms with Crippen molar-refractivity contribution in [3.05, 3.63) is 39.9 Å². The molecule has 0 radical (unpaired) electrons. The van der Waals surface area contributed by atoms with Gasteiger partial charge in [-0.2, -0.15) is 0 Å². The molecule has 1 aliphatic rings. The van der Waals surface area contributed by atoms with Crippen LogP contribution in [0.3, 0.4) is 0 Å². The minimum Gasteiger partial charge on any atom is -0.461 e. The van der Waals surface area contributed by atoms with E-state index in [9.17, 15) is 14.9 Å². The van der Waals surface area contributed by atoms with E-state index in [0.29, 0.717) is 18.8 Å². The summed E-state index contributed by atoms with van der Waals surface area (Å²) in [4.78, 5) is 22.0. The molecule has 1 saturated heterocycles. The summed E-state index contributed by atoms with van der Waals surface area (Å²) in [7, 11) is 0. The number of benzene rings is 1. The van der Waals surface area contributed by atoms with Crippen molar-refractivity contribution in [1.82, 2.24) is 0 Å². The van der Waals surface area contributed by atoms with Crippen molar-refractivity contribution in [2.45, 2.75) is 32.7 Å². The van der Waals surface area contributed by atoms with Gasteiger partial charge in [0.05, 0.1) is 24.6 Å². The minimum absolute atomic E-state index is 0.0108. The molecule has 120 valence electrons. The quantitative estimate of drug-likeness (QED) is 0.436. The van der Waals surface area contributed by atoms with Crippen LogP contribution in [0.2, 0.25) is 0 Å². The van der Waals surface area contributed by atoms with Crippen LogP contribution in [-0.4, -0.2) is 30.4 Å². The van der Waals surface area contributed by atoms with Gasteiger partial charge >= 0.3 is 5.97 Å². The zero-order chi connectivity index (χ0) is 15.9. The van der Waals surface area contributed by atoms with Gasteiger partial charge in [0.1, 0.15) is 6.61 Å². The van der Waals surface area contributed by atoms with Crippen molar-refractivity contribution >= 4 is 11.7 Å². The van der Waals surface area contributed by atoms with Gasteiger partial charge in [0, 0.05) is 18.1 Å². The van der Waals surface area contributed by atoms with Gasteiger partial charge in [-0.15, -0.1) is 0 Å². The summed E-state index contributed by atoms with van der Waals surface area (Å²) >= 11 is 0. The zero-order valence-electron chi connectivity index (χ0n) is 12.4. The van der Waals surface area contributed by atoms with Crippen LogP contribution in [0.1, 0.15) is 25.3 Å². The van der Waals surface area contributed by atoms with Crippen LogP contribution in [0.5, 0.6) is 0 Å². The molecule has 1 aromatic carbocycles. The second kappa shape index (κ2) is 7.86. The van der Waals surface area contributed by atoms with Crippen LogP contribution < -0.4 is 0 Å². The van der Waals surface area contributed by atoms with E-state index in [4.69, 9.17) is 14.2 Å². The lowest BCUT2D eigenvalue weighted by Crippen LogP contribution is -2.24. The Bertz CT molecular complexity index is 509. The first kappa shape index (κ1) is 16.4. The van der Waals surface area contributed by atoms with Crippen LogP contribution in [-0.2, 0) is 25.6 Å². The highest BCUT2D eigenvalue weighted by Crippen LogP contribution is 2.22. The van der Waals surface area contributed by atoms with E-state index < -0.39 is 4.92 Å². The summed E-state index contributed by atoms with van der Waals surface area (Å²) in [5.41, 5.74) is 0.719. The highest BCUT2D eigenvalue weighted by atomic mass is 16.7. The average molecular weight is 309 g/mol. The molecule has 22 heavy (non-hydrogen) atoms. The molecule has 0 bridgehead atoms. The second-order valence-corrected chi connectivity index (χ2v) is 5.07. The molecule has 1 unspecified atom stereocenters. The van der Waals surface area contributed by atoms with E-state index in [1.165, 1.54) is 12.1 Å². The SMILES string of the molecule is CCC(CC(=O)OCc1ccc([N+](=O)[O-])cc1)C1OCCO1. The monoisotopic (exact) mass is 309 g/mol. The second-order valence-electron chi connectivity index (χ2n) is 5.07. The highest BCUT2D eigenvalue weighted by Gasteiger charge is 2.28. The lowest BCUT2D eigenvalue weighted by Gasteiger charge is -2.19. The number of esters is 1. The lowest BCUT2D eigenvalue weighted by atomic mass is 10.0. The molecular weight excluding hydrogens is 290 g/mol. The molecule has 1 atom stereocenters. The van der Waals surface area contributed by atoms with E-state index in [1.54, 1.807) is 12.1 Å². The maximum absolute atomic E-state index is 11.9. The van der Waals surface area contributed by atoms with Crippen LogP contribution in [0.15, 0.2) is 24.3 Å². The summed E-state index contributed by atoms with van der Waals surface area (Å²) in [6.07, 6.45) is 0.655. The number of carbonyl (C=O) groups is 1. The highest BCUT2D eigenvalue weighted by molar-refractivity contribution is 5.69. The summed E-state index contributed by atoms with van der Waals surface area (Å²) in [5.74, 6) is -0.351. The maximum atomic E-state index is 11.9. The van der Waals surface area contributed by atoms with Crippen LogP contribution in [0, 0.1) is 16.0 Å². The van der Waals surface area contributed by atoms with Gasteiger partial charge < -0.3 is 14.2 Å². The number of nitro groups is 1. The van der Waals surface area contributed by atoms with Gasteiger partial charge in [-0.1, -0.05) is 6.92 Å². The predicted octanol–water partition coefficient (Wildman–Crippen LogP) is 2.43. The minimum atomic E-state index is -0.469. The van der Waals surface area contributed by atoms with Gasteiger partial charge in [-0.25, -0.2) is 0 Å². The van der Waals surface area contributed by atoms with Crippen LogP contribution in [0.25, 0.3) is 0 Å². The molecule has 0 aromatic heterocycles. The Morgan fingerprint density at radius 1 is 1.36 bits per heavy atom. The Labute approximate surface area is 128 Å². The zero-order valence-corrected chi connectivity index (χ0v) is 12.4. The van der Waals surface area contributed by atoms with Crippen molar-refractivity contribution in [3.63, 3.8) is 0 Å². The number of nitrogens with zero attached hydrogens (tertiary/aromatic N) is 1. The first-order valence-corrected chi connectivity index (χ1v) is 7.22. The van der Waals surface area contributed by atoms with E-state index in [0.717, 1.165) is 6.42 Å². The first-order valence-electron chi connectivity index (χ1n) is 7.22. The van der Waals surface area contributed by atoms with Gasteiger partial charge in [0.15, 0.2) is 6.29 Å². The van der Waals surface area contributed by atoms with E-state index >= 15 is 0 Å². The molecule has 1 heterocycles. The fraction of sp³-hybridized carbons (Fsp3) is 0.533. The third-order valence-electron chi connectivity index (χ3n) is 3.53. The van der Waals surface area contributed by atoms with Crippen molar-refractivity contribution in [2.24, 2.45) is 5.92 Å². The van der Waals surface area contributed by atoms with E-state index in [-0.39, 0.29) is 36.9 Å². The molecule has 1 fully saturated rings. The molecule has 0 N–H and O–H groups in total. The average Bonchev–Trinajstić information content (AvgIpc) is 3.05. The Kier molecular flexibility index (Phi) is 5.85. The maximum Gasteiger partial charge on any atom is 0.306 e. The molecular formula is C15H19NO6. The number of nitro benzene ring substituents is 1. The predicted molar refractivity (Wildman–Crippen MR) is 77.0 cm³/mol. The molecule has 1 aliphatic heterocycles. The third kappa shape index (κ3) is 4.51. The summed E-state index contributed by atoms with van der Waals surface area (Å²) in [6, 6.07) is 5.92. The largest absolute Gasteiger partial charge is 0.461 e. The lowest BCUT2D eigenvalue weighted by molar-refractivity contribution is -0.384. The molecule has 1 aromatic rings. The van der Waals surface area contributed by atoms with Crippen molar-refractivity contribution < 1.29 is 23.9 Å². The number of rotatable bonds is 7. The molecule has 0 aliphatic carbocycles. The first-order chi connectivity index (χ1) is 10.6. The normalized spacial score (nSPS) is 16.4. The van der Waals surface area contributed by atoms with Gasteiger partial charge in [0.25, 0.3) is 5.69 Å². The summed E-state index contributed by atoms with van der Waals surface area (Å²) in [5, 5.41) is 10.6. The van der Waals surface area contributed by atoms with E-state index in [1.807, 2.05) is 6.92 Å². The molecule has 7 heteroatoms. The molecule has 7 nitrogen and oxygen atoms in total. The Morgan fingerprint density at radius 3 is 2.55 bits per heavy atom. The third-order valence-corrected chi connectivity index (χ3v) is 3.53. The van der Waals surface area contributed by atoms with Crippen molar-refractivity contribution in [2.75, 3.05) is 13.2 Å². The number of carbonyl (C=O) groups excluding carboxylic acids is 1. The van der Waals surface area contributed by atoms with Crippen molar-refractivity contribution in [3.8, 4) is 0 Å². The summed E-state index contributed by atoms with van der Waals surface area (Å²) in [6.45, 7) is 3.18. The van der Waals surface area contributed by atoms with E-state index in [2.05, 4.69) is 0 Å². The van der Waals surface area contributed by atoms with Crippen molar-refractivity contribution in [1.29, 1.82) is 0 Å². The Hall–Kier alpha value is -1.99. The van der Waals surface area contributed by atoms with Crippen LogP contribution in [0.4, 0.5) is 5.69 Å². The fourth-order valence-electron chi connectivity index (χ4n) is 2.23. The van der Waals surface area contributed by atoms with Gasteiger partial charge in [0.2, 0.25) is 0 Å². The Balaban J connectivity index is 1.80. The Morgan fingerprint density at radius 2 is 2.00 bits per heavy atom. The fourth-order valence-corrected chi connectivity index (χ4v) is 2.23. The molecule has 0 amide bonds. The molecule has 2 rings (SSSR count). The topological polar surface area (TPSA) is 87.9 Å². The molecule has 0 saturated carbocycles. The van der Waals surface area contributed by atoms with Gasteiger partial charge in [-0.05, 0) is 24.1 Å². The standard InChI is InChI=1S/C15H19NO6/c1-2-12(15-20-7-8-21-15)9-14(17)22-10-11-3-5-13(6-4-11)16(18)19/h3-6,12,15H,2,7-10H2,1H3. The van der Waals surface area contributed by atoms with Crippen LogP contribution >= 0.6 is 0 Å². The number of hydrogen-bond donors (Lipinski definition) is 0. The number of ether oxygens (including phenoxy) is 3.